The Bertz CT molecular complexity index is 366. The molecule has 2 N–H and O–H groups in total. The van der Waals surface area contributed by atoms with Crippen molar-refractivity contribution < 1.29 is 14.2 Å². The van der Waals surface area contributed by atoms with E-state index in [0.717, 1.165) is 5.56 Å². The Morgan fingerprint density at radius 1 is 1.41 bits per heavy atom. The third-order valence-corrected chi connectivity index (χ3v) is 2.63. The summed E-state index contributed by atoms with van der Waals surface area (Å²) in [6, 6.07) is 4.95. The van der Waals surface area contributed by atoms with Crippen LogP contribution < -0.4 is 10.1 Å². The van der Waals surface area contributed by atoms with Gasteiger partial charge in [-0.1, -0.05) is 6.07 Å². The first-order valence-electron chi connectivity index (χ1n) is 5.67. The van der Waals surface area contributed by atoms with Gasteiger partial charge in [0.15, 0.2) is 11.6 Å². The molecule has 3 nitrogen and oxygen atoms in total. The quantitative estimate of drug-likeness (QED) is 0.797. The maximum atomic E-state index is 13.4. The molecule has 0 aliphatic heterocycles. The van der Waals surface area contributed by atoms with Crippen LogP contribution in [0.15, 0.2) is 18.2 Å². The Morgan fingerprint density at radius 2 is 2.12 bits per heavy atom. The van der Waals surface area contributed by atoms with Gasteiger partial charge in [-0.15, -0.1) is 0 Å². The van der Waals surface area contributed by atoms with E-state index >= 15 is 0 Å². The lowest BCUT2D eigenvalue weighted by Gasteiger charge is -2.23. The van der Waals surface area contributed by atoms with Crippen molar-refractivity contribution in [1.82, 2.24) is 5.32 Å². The minimum Gasteiger partial charge on any atom is -0.494 e. The molecule has 0 bridgehead atoms. The van der Waals surface area contributed by atoms with Gasteiger partial charge in [0.2, 0.25) is 0 Å². The van der Waals surface area contributed by atoms with Crippen LogP contribution in [0.25, 0.3) is 0 Å². The topological polar surface area (TPSA) is 41.5 Å². The molecule has 96 valence electrons. The Hall–Kier alpha value is -1.13. The number of hydrogen-bond donors (Lipinski definition) is 2. The smallest absolute Gasteiger partial charge is 0.165 e. The number of hydrogen-bond acceptors (Lipinski definition) is 3. The Labute approximate surface area is 102 Å². The second-order valence-corrected chi connectivity index (χ2v) is 4.69. The zero-order valence-corrected chi connectivity index (χ0v) is 10.6. The SMILES string of the molecule is COc1ccc(CCNC(C)(C)CO)cc1F. The van der Waals surface area contributed by atoms with Crippen molar-refractivity contribution in [3.63, 3.8) is 0 Å². The van der Waals surface area contributed by atoms with Gasteiger partial charge in [0.1, 0.15) is 0 Å². The van der Waals surface area contributed by atoms with E-state index in [4.69, 9.17) is 9.84 Å². The lowest BCUT2D eigenvalue weighted by Crippen LogP contribution is -2.43. The number of aliphatic hydroxyl groups excluding tert-OH is 1. The molecule has 0 fully saturated rings. The van der Waals surface area contributed by atoms with Crippen molar-refractivity contribution in [2.75, 3.05) is 20.3 Å². The van der Waals surface area contributed by atoms with Crippen molar-refractivity contribution in [3.05, 3.63) is 29.6 Å². The van der Waals surface area contributed by atoms with E-state index in [1.54, 1.807) is 6.07 Å². The van der Waals surface area contributed by atoms with Crippen LogP contribution in [-0.2, 0) is 6.42 Å². The standard InChI is InChI=1S/C13H20FNO2/c1-13(2,9-16)15-7-6-10-4-5-12(17-3)11(14)8-10/h4-5,8,15-16H,6-7,9H2,1-3H3. The zero-order valence-electron chi connectivity index (χ0n) is 10.6. The van der Waals surface area contributed by atoms with E-state index < -0.39 is 0 Å². The summed E-state index contributed by atoms with van der Waals surface area (Å²) in [5.41, 5.74) is 0.606. The molecule has 0 unspecified atom stereocenters. The second kappa shape index (κ2) is 5.98. The first-order valence-corrected chi connectivity index (χ1v) is 5.67. The monoisotopic (exact) mass is 241 g/mol. The van der Waals surface area contributed by atoms with Crippen LogP contribution in [0.2, 0.25) is 0 Å². The number of aliphatic hydroxyl groups is 1. The van der Waals surface area contributed by atoms with Gasteiger partial charge in [0, 0.05) is 5.54 Å². The van der Waals surface area contributed by atoms with Gasteiger partial charge in [0.25, 0.3) is 0 Å². The largest absolute Gasteiger partial charge is 0.494 e. The maximum Gasteiger partial charge on any atom is 0.165 e. The Morgan fingerprint density at radius 3 is 2.65 bits per heavy atom. The van der Waals surface area contributed by atoms with Crippen molar-refractivity contribution in [2.45, 2.75) is 25.8 Å². The number of methoxy groups -OCH3 is 1. The average molecular weight is 241 g/mol. The van der Waals surface area contributed by atoms with E-state index in [1.165, 1.54) is 13.2 Å². The van der Waals surface area contributed by atoms with Crippen LogP contribution in [0.4, 0.5) is 4.39 Å². The summed E-state index contributed by atoms with van der Waals surface area (Å²) in [4.78, 5) is 0. The van der Waals surface area contributed by atoms with Gasteiger partial charge in [-0.3, -0.25) is 0 Å². The van der Waals surface area contributed by atoms with Gasteiger partial charge >= 0.3 is 0 Å². The molecule has 4 heteroatoms. The molecular formula is C13H20FNO2. The molecule has 0 aliphatic carbocycles. The van der Waals surface area contributed by atoms with Crippen LogP contribution in [0.3, 0.4) is 0 Å². The molecule has 1 aromatic rings. The number of nitrogens with one attached hydrogen (secondary N) is 1. The lowest BCUT2D eigenvalue weighted by atomic mass is 10.1. The fraction of sp³-hybridized carbons (Fsp3) is 0.538. The van der Waals surface area contributed by atoms with E-state index in [0.29, 0.717) is 13.0 Å². The number of rotatable bonds is 6. The molecule has 0 heterocycles. The number of benzene rings is 1. The summed E-state index contributed by atoms with van der Waals surface area (Å²) in [5.74, 6) is -0.0798. The third kappa shape index (κ3) is 4.32. The highest BCUT2D eigenvalue weighted by Gasteiger charge is 2.14. The molecule has 0 amide bonds. The molecule has 0 radical (unpaired) electrons. The Kier molecular flexibility index (Phi) is 4.90. The average Bonchev–Trinajstić information content (AvgIpc) is 2.29. The minimum atomic E-state index is -0.341. The van der Waals surface area contributed by atoms with Crippen LogP contribution in [-0.4, -0.2) is 30.9 Å². The molecule has 0 saturated carbocycles. The van der Waals surface area contributed by atoms with Gasteiger partial charge in [-0.05, 0) is 44.5 Å². The van der Waals surface area contributed by atoms with Crippen molar-refractivity contribution in [1.29, 1.82) is 0 Å². The molecular weight excluding hydrogens is 221 g/mol. The fourth-order valence-electron chi connectivity index (χ4n) is 1.47. The molecule has 0 spiro atoms. The first-order chi connectivity index (χ1) is 7.98. The van der Waals surface area contributed by atoms with Crippen LogP contribution >= 0.6 is 0 Å². The molecule has 17 heavy (non-hydrogen) atoms. The molecule has 0 aromatic heterocycles. The summed E-state index contributed by atoms with van der Waals surface area (Å²) < 4.78 is 18.2. The molecule has 1 aromatic carbocycles. The van der Waals surface area contributed by atoms with Gasteiger partial charge in [-0.25, -0.2) is 4.39 Å². The summed E-state index contributed by atoms with van der Waals surface area (Å²) >= 11 is 0. The van der Waals surface area contributed by atoms with Gasteiger partial charge < -0.3 is 15.2 Å². The summed E-state index contributed by atoms with van der Waals surface area (Å²) in [6.45, 7) is 4.60. The molecule has 1 rings (SSSR count). The van der Waals surface area contributed by atoms with E-state index in [1.807, 2.05) is 19.9 Å². The highest BCUT2D eigenvalue weighted by Crippen LogP contribution is 2.17. The molecule has 0 saturated heterocycles. The Balaban J connectivity index is 2.50. The summed E-state index contributed by atoms with van der Waals surface area (Å²) in [7, 11) is 1.45. The lowest BCUT2D eigenvalue weighted by molar-refractivity contribution is 0.189. The highest BCUT2D eigenvalue weighted by molar-refractivity contribution is 5.29. The van der Waals surface area contributed by atoms with Crippen molar-refractivity contribution in [3.8, 4) is 5.75 Å². The normalized spacial score (nSPS) is 11.6. The predicted molar refractivity (Wildman–Crippen MR) is 65.8 cm³/mol. The summed E-state index contributed by atoms with van der Waals surface area (Å²) in [6.07, 6.45) is 0.713. The molecule has 0 atom stereocenters. The first kappa shape index (κ1) is 13.9. The fourth-order valence-corrected chi connectivity index (χ4v) is 1.47. The maximum absolute atomic E-state index is 13.4. The summed E-state index contributed by atoms with van der Waals surface area (Å²) in [5, 5.41) is 12.3. The number of halogens is 1. The predicted octanol–water partition coefficient (Wildman–Crippen LogP) is 1.74. The zero-order chi connectivity index (χ0) is 12.9. The van der Waals surface area contributed by atoms with Crippen molar-refractivity contribution >= 4 is 0 Å². The van der Waals surface area contributed by atoms with Gasteiger partial charge in [-0.2, -0.15) is 0 Å². The van der Waals surface area contributed by atoms with Gasteiger partial charge in [0.05, 0.1) is 13.7 Å². The van der Waals surface area contributed by atoms with Crippen LogP contribution in [0.5, 0.6) is 5.75 Å². The minimum absolute atomic E-state index is 0.0734. The second-order valence-electron chi connectivity index (χ2n) is 4.69. The molecule has 0 aliphatic rings. The van der Waals surface area contributed by atoms with E-state index in [9.17, 15) is 4.39 Å². The van der Waals surface area contributed by atoms with Crippen LogP contribution in [0, 0.1) is 5.82 Å². The third-order valence-electron chi connectivity index (χ3n) is 2.63. The van der Waals surface area contributed by atoms with Crippen molar-refractivity contribution in [2.24, 2.45) is 0 Å². The van der Waals surface area contributed by atoms with E-state index in [2.05, 4.69) is 5.32 Å². The highest BCUT2D eigenvalue weighted by atomic mass is 19.1. The number of ether oxygens (including phenoxy) is 1. The van der Waals surface area contributed by atoms with Crippen LogP contribution in [0.1, 0.15) is 19.4 Å². The van der Waals surface area contributed by atoms with E-state index in [-0.39, 0.29) is 23.7 Å².